The van der Waals surface area contributed by atoms with Gasteiger partial charge in [-0.25, -0.2) is 9.78 Å². The maximum absolute atomic E-state index is 12.9. The van der Waals surface area contributed by atoms with Crippen molar-refractivity contribution >= 4 is 29.4 Å². The Bertz CT molecular complexity index is 811. The van der Waals surface area contributed by atoms with Crippen molar-refractivity contribution in [3.05, 3.63) is 18.3 Å². The van der Waals surface area contributed by atoms with E-state index in [-0.39, 0.29) is 12.5 Å². The molecular formula is C21H30N6O3. The molecule has 0 unspecified atom stereocenters. The summed E-state index contributed by atoms with van der Waals surface area (Å²) in [5.74, 6) is 0.745. The number of urea groups is 1. The van der Waals surface area contributed by atoms with Gasteiger partial charge in [0.15, 0.2) is 0 Å². The summed E-state index contributed by atoms with van der Waals surface area (Å²) in [7, 11) is 2.10. The highest BCUT2D eigenvalue weighted by molar-refractivity contribution is 6.10. The first kappa shape index (κ1) is 20.6. The molecule has 1 aromatic heterocycles. The topological polar surface area (TPSA) is 97.9 Å². The number of hydrogen-bond donors (Lipinski definition) is 2. The number of carbonyl (C=O) groups excluding carboxylic acids is 3. The largest absolute Gasteiger partial charge is 0.354 e. The quantitative estimate of drug-likeness (QED) is 0.720. The smallest absolute Gasteiger partial charge is 0.325 e. The fourth-order valence-corrected chi connectivity index (χ4v) is 4.44. The van der Waals surface area contributed by atoms with Crippen LogP contribution in [0.3, 0.4) is 0 Å². The Labute approximate surface area is 176 Å². The number of amides is 4. The Morgan fingerprint density at radius 1 is 1.20 bits per heavy atom. The normalized spacial score (nSPS) is 27.5. The number of likely N-dealkylation sites (N-methyl/N-ethyl adjacent to an activating group) is 1. The lowest BCUT2D eigenvalue weighted by atomic mass is 9.77. The van der Waals surface area contributed by atoms with E-state index in [0.717, 1.165) is 49.7 Å². The number of rotatable bonds is 4. The minimum Gasteiger partial charge on any atom is -0.354 e. The number of aromatic nitrogens is 1. The Kier molecular flexibility index (Phi) is 5.64. The molecule has 1 aromatic rings. The van der Waals surface area contributed by atoms with Crippen LogP contribution in [-0.4, -0.2) is 77.9 Å². The van der Waals surface area contributed by atoms with Crippen molar-refractivity contribution in [1.82, 2.24) is 20.1 Å². The van der Waals surface area contributed by atoms with Gasteiger partial charge >= 0.3 is 6.03 Å². The van der Waals surface area contributed by atoms with Gasteiger partial charge in [-0.3, -0.25) is 14.5 Å². The average Bonchev–Trinajstić information content (AvgIpc) is 2.96. The van der Waals surface area contributed by atoms with Crippen LogP contribution in [0.5, 0.6) is 0 Å². The highest BCUT2D eigenvalue weighted by Crippen LogP contribution is 2.36. The molecule has 30 heavy (non-hydrogen) atoms. The van der Waals surface area contributed by atoms with Crippen molar-refractivity contribution in [3.63, 3.8) is 0 Å². The van der Waals surface area contributed by atoms with Crippen LogP contribution < -0.4 is 15.5 Å². The molecule has 0 aromatic carbocycles. The molecule has 162 valence electrons. The molecule has 9 nitrogen and oxygen atoms in total. The van der Waals surface area contributed by atoms with E-state index in [1.165, 1.54) is 0 Å². The van der Waals surface area contributed by atoms with E-state index >= 15 is 0 Å². The number of hydrogen-bond acceptors (Lipinski definition) is 6. The maximum Gasteiger partial charge on any atom is 0.325 e. The number of anilines is 2. The minimum atomic E-state index is -0.824. The van der Waals surface area contributed by atoms with E-state index in [2.05, 4.69) is 39.4 Å². The Hall–Kier alpha value is -2.68. The molecule has 1 saturated carbocycles. The van der Waals surface area contributed by atoms with Gasteiger partial charge in [-0.1, -0.05) is 6.92 Å². The summed E-state index contributed by atoms with van der Waals surface area (Å²) in [6, 6.07) is 3.20. The summed E-state index contributed by atoms with van der Waals surface area (Å²) in [5, 5.41) is 5.59. The molecule has 4 amide bonds. The molecule has 1 aliphatic carbocycles. The summed E-state index contributed by atoms with van der Waals surface area (Å²) in [6.45, 7) is 5.69. The maximum atomic E-state index is 12.9. The van der Waals surface area contributed by atoms with Gasteiger partial charge in [-0.15, -0.1) is 0 Å². The van der Waals surface area contributed by atoms with Crippen molar-refractivity contribution in [1.29, 1.82) is 0 Å². The van der Waals surface area contributed by atoms with Gasteiger partial charge in [0, 0.05) is 26.2 Å². The molecule has 2 aliphatic heterocycles. The lowest BCUT2D eigenvalue weighted by Gasteiger charge is -2.33. The van der Waals surface area contributed by atoms with Crippen molar-refractivity contribution in [3.8, 4) is 0 Å². The minimum absolute atomic E-state index is 0.280. The first-order valence-corrected chi connectivity index (χ1v) is 10.7. The van der Waals surface area contributed by atoms with Crippen LogP contribution in [0, 0.1) is 5.92 Å². The molecular weight excluding hydrogens is 384 g/mol. The van der Waals surface area contributed by atoms with Gasteiger partial charge in [0.1, 0.15) is 17.9 Å². The van der Waals surface area contributed by atoms with Crippen LogP contribution in [0.2, 0.25) is 0 Å². The van der Waals surface area contributed by atoms with E-state index in [4.69, 9.17) is 0 Å². The molecule has 9 heteroatoms. The van der Waals surface area contributed by atoms with Gasteiger partial charge in [0.25, 0.3) is 5.91 Å². The Balaban J connectivity index is 1.33. The van der Waals surface area contributed by atoms with Gasteiger partial charge in [-0.05, 0) is 50.8 Å². The van der Waals surface area contributed by atoms with Gasteiger partial charge in [0.2, 0.25) is 5.91 Å². The van der Waals surface area contributed by atoms with Gasteiger partial charge in [0.05, 0.1) is 11.9 Å². The number of nitrogens with zero attached hydrogens (tertiary/aromatic N) is 4. The van der Waals surface area contributed by atoms with E-state index in [0.29, 0.717) is 24.4 Å². The van der Waals surface area contributed by atoms with Crippen LogP contribution in [-0.2, 0) is 9.59 Å². The summed E-state index contributed by atoms with van der Waals surface area (Å²) in [6.07, 6.45) is 4.68. The zero-order valence-corrected chi connectivity index (χ0v) is 17.7. The lowest BCUT2D eigenvalue weighted by molar-refractivity contribution is -0.135. The zero-order valence-electron chi connectivity index (χ0n) is 17.7. The third-order valence-electron chi connectivity index (χ3n) is 6.53. The van der Waals surface area contributed by atoms with E-state index < -0.39 is 17.5 Å². The first-order chi connectivity index (χ1) is 14.4. The Morgan fingerprint density at radius 3 is 2.53 bits per heavy atom. The van der Waals surface area contributed by atoms with Crippen LogP contribution in [0.4, 0.5) is 16.3 Å². The summed E-state index contributed by atoms with van der Waals surface area (Å²) in [5.41, 5.74) is -0.276. The predicted octanol–water partition coefficient (Wildman–Crippen LogP) is 1.27. The van der Waals surface area contributed by atoms with E-state index in [9.17, 15) is 14.4 Å². The van der Waals surface area contributed by atoms with Gasteiger partial charge < -0.3 is 20.4 Å². The van der Waals surface area contributed by atoms with Crippen molar-refractivity contribution in [2.75, 3.05) is 50.0 Å². The fourth-order valence-electron chi connectivity index (χ4n) is 4.44. The molecule has 0 bridgehead atoms. The summed E-state index contributed by atoms with van der Waals surface area (Å²) < 4.78 is 0. The SMILES string of the molecule is CC1CCC2(CC1)NC(=O)N(CC(=O)Nc1ccc(N3CCN(C)CC3)nc1)C2=O. The first-order valence-electron chi connectivity index (χ1n) is 10.7. The van der Waals surface area contributed by atoms with Crippen molar-refractivity contribution < 1.29 is 14.4 Å². The molecule has 2 saturated heterocycles. The van der Waals surface area contributed by atoms with E-state index in [1.54, 1.807) is 12.3 Å². The summed E-state index contributed by atoms with van der Waals surface area (Å²) in [4.78, 5) is 47.7. The third-order valence-corrected chi connectivity index (χ3v) is 6.53. The molecule has 1 spiro atoms. The molecule has 3 fully saturated rings. The highest BCUT2D eigenvalue weighted by atomic mass is 16.2. The fraction of sp³-hybridized carbons (Fsp3) is 0.619. The van der Waals surface area contributed by atoms with E-state index in [1.807, 2.05) is 6.07 Å². The molecule has 3 heterocycles. The van der Waals surface area contributed by atoms with Crippen LogP contribution >= 0.6 is 0 Å². The molecule has 0 radical (unpaired) electrons. The van der Waals surface area contributed by atoms with Crippen LogP contribution in [0.15, 0.2) is 18.3 Å². The number of imide groups is 1. The lowest BCUT2D eigenvalue weighted by Crippen LogP contribution is -2.49. The average molecular weight is 415 g/mol. The second kappa shape index (κ2) is 8.22. The predicted molar refractivity (Wildman–Crippen MR) is 113 cm³/mol. The monoisotopic (exact) mass is 414 g/mol. The number of piperazine rings is 1. The summed E-state index contributed by atoms with van der Waals surface area (Å²) >= 11 is 0. The number of carbonyl (C=O) groups is 3. The molecule has 3 aliphatic rings. The highest BCUT2D eigenvalue weighted by Gasteiger charge is 2.52. The second-order valence-corrected chi connectivity index (χ2v) is 8.83. The molecule has 4 rings (SSSR count). The van der Waals surface area contributed by atoms with Crippen LogP contribution in [0.25, 0.3) is 0 Å². The Morgan fingerprint density at radius 2 is 1.90 bits per heavy atom. The number of nitrogens with one attached hydrogen (secondary N) is 2. The van der Waals surface area contributed by atoms with Crippen molar-refractivity contribution in [2.45, 2.75) is 38.1 Å². The molecule has 0 atom stereocenters. The molecule has 2 N–H and O–H groups in total. The number of pyridine rings is 1. The zero-order chi connectivity index (χ0) is 21.3. The van der Waals surface area contributed by atoms with Crippen LogP contribution in [0.1, 0.15) is 32.6 Å². The van der Waals surface area contributed by atoms with Crippen molar-refractivity contribution in [2.24, 2.45) is 5.92 Å². The second-order valence-electron chi connectivity index (χ2n) is 8.83. The van der Waals surface area contributed by atoms with Gasteiger partial charge in [-0.2, -0.15) is 0 Å². The standard InChI is InChI=1S/C21H30N6O3/c1-15-5-7-21(8-6-15)19(29)27(20(30)24-21)14-18(28)23-16-3-4-17(22-13-16)26-11-9-25(2)10-12-26/h3-4,13,15H,5-12,14H2,1-2H3,(H,23,28)(H,24,30). The third kappa shape index (κ3) is 4.12.